The number of likely N-dealkylation sites (tertiary alicyclic amines) is 1. The van der Waals surface area contributed by atoms with Crippen LogP contribution in [0.15, 0.2) is 17.6 Å². The number of imidazole rings is 1. The Morgan fingerprint density at radius 2 is 1.95 bits per heavy atom. The third kappa shape index (κ3) is 2.89. The molecule has 2 fully saturated rings. The number of aromatic nitrogens is 2. The topological polar surface area (TPSA) is 75.5 Å². The molecular formula is C14H22N4O3S. The van der Waals surface area contributed by atoms with Crippen LogP contribution >= 0.6 is 0 Å². The maximum atomic E-state index is 12.6. The highest BCUT2D eigenvalue weighted by Gasteiger charge is 2.36. The SMILES string of the molecule is Cn1cnc(S(=O)(=O)N2CCCC(C(=O)N3CCCC3)C2)c1. The maximum Gasteiger partial charge on any atom is 0.262 e. The molecule has 0 N–H and O–H groups in total. The smallest absolute Gasteiger partial charge is 0.262 e. The van der Waals surface area contributed by atoms with Crippen LogP contribution in [0.1, 0.15) is 25.7 Å². The van der Waals surface area contributed by atoms with Crippen molar-refractivity contribution in [3.8, 4) is 0 Å². The standard InChI is InChI=1S/C14H22N4O3S/c1-16-10-13(15-11-16)22(20,21)18-8-4-5-12(9-18)14(19)17-6-2-3-7-17/h10-12H,2-9H2,1H3. The quantitative estimate of drug-likeness (QED) is 0.808. The molecule has 1 aromatic rings. The zero-order valence-electron chi connectivity index (χ0n) is 12.8. The summed E-state index contributed by atoms with van der Waals surface area (Å²) >= 11 is 0. The Bertz CT molecular complexity index is 649. The maximum absolute atomic E-state index is 12.6. The molecule has 3 rings (SSSR count). The summed E-state index contributed by atoms with van der Waals surface area (Å²) in [6.45, 7) is 2.35. The summed E-state index contributed by atoms with van der Waals surface area (Å²) in [4.78, 5) is 18.3. The van der Waals surface area contributed by atoms with E-state index in [-0.39, 0.29) is 23.4 Å². The first-order valence-electron chi connectivity index (χ1n) is 7.75. The predicted octanol–water partition coefficient (Wildman–Crippen LogP) is 0.443. The van der Waals surface area contributed by atoms with Crippen LogP contribution in [0.4, 0.5) is 0 Å². The van der Waals surface area contributed by atoms with Gasteiger partial charge in [-0.3, -0.25) is 4.79 Å². The molecule has 8 heteroatoms. The molecule has 0 aromatic carbocycles. The molecule has 0 bridgehead atoms. The highest BCUT2D eigenvalue weighted by molar-refractivity contribution is 7.89. The first-order chi connectivity index (χ1) is 10.5. The fraction of sp³-hybridized carbons (Fsp3) is 0.714. The molecule has 2 aliphatic heterocycles. The van der Waals surface area contributed by atoms with E-state index in [1.54, 1.807) is 11.6 Å². The first kappa shape index (κ1) is 15.5. The lowest BCUT2D eigenvalue weighted by Crippen LogP contribution is -2.46. The highest BCUT2D eigenvalue weighted by atomic mass is 32.2. The van der Waals surface area contributed by atoms with E-state index in [1.807, 2.05) is 4.90 Å². The van der Waals surface area contributed by atoms with Gasteiger partial charge in [0.15, 0.2) is 5.03 Å². The van der Waals surface area contributed by atoms with Gasteiger partial charge in [-0.05, 0) is 25.7 Å². The Morgan fingerprint density at radius 3 is 2.59 bits per heavy atom. The van der Waals surface area contributed by atoms with E-state index in [4.69, 9.17) is 0 Å². The van der Waals surface area contributed by atoms with Gasteiger partial charge in [0, 0.05) is 39.4 Å². The Labute approximate surface area is 131 Å². The second-order valence-corrected chi connectivity index (χ2v) is 8.00. The van der Waals surface area contributed by atoms with Crippen LogP contribution in [0, 0.1) is 5.92 Å². The normalized spacial score (nSPS) is 23.9. The minimum absolute atomic E-state index is 0.0595. The number of sulfonamides is 1. The lowest BCUT2D eigenvalue weighted by Gasteiger charge is -2.32. The van der Waals surface area contributed by atoms with Crippen LogP contribution in [0.5, 0.6) is 0 Å². The van der Waals surface area contributed by atoms with E-state index in [0.717, 1.165) is 38.8 Å². The summed E-state index contributed by atoms with van der Waals surface area (Å²) in [6, 6.07) is 0. The van der Waals surface area contributed by atoms with Crippen LogP contribution in [-0.4, -0.2) is 59.3 Å². The summed E-state index contributed by atoms with van der Waals surface area (Å²) in [7, 11) is -1.86. The molecule has 1 atom stereocenters. The molecule has 1 aromatic heterocycles. The van der Waals surface area contributed by atoms with Gasteiger partial charge in [0.2, 0.25) is 5.91 Å². The molecule has 0 saturated carbocycles. The molecule has 3 heterocycles. The van der Waals surface area contributed by atoms with Crippen LogP contribution < -0.4 is 0 Å². The Morgan fingerprint density at radius 1 is 1.23 bits per heavy atom. The van der Waals surface area contributed by atoms with Crippen molar-refractivity contribution >= 4 is 15.9 Å². The number of amides is 1. The number of hydrogen-bond donors (Lipinski definition) is 0. The minimum Gasteiger partial charge on any atom is -0.342 e. The molecular weight excluding hydrogens is 304 g/mol. The Kier molecular flexibility index (Phi) is 4.22. The van der Waals surface area contributed by atoms with Gasteiger partial charge in [0.1, 0.15) is 0 Å². The second kappa shape index (κ2) is 6.00. The average Bonchev–Trinajstić information content (AvgIpc) is 3.18. The largest absolute Gasteiger partial charge is 0.342 e. The zero-order chi connectivity index (χ0) is 15.7. The molecule has 2 aliphatic rings. The zero-order valence-corrected chi connectivity index (χ0v) is 13.6. The van der Waals surface area contributed by atoms with Gasteiger partial charge in [-0.2, -0.15) is 4.31 Å². The first-order valence-corrected chi connectivity index (χ1v) is 9.19. The lowest BCUT2D eigenvalue weighted by molar-refractivity contribution is -0.135. The Hall–Kier alpha value is -1.41. The number of rotatable bonds is 3. The number of aryl methyl sites for hydroxylation is 1. The third-order valence-electron chi connectivity index (χ3n) is 4.44. The summed E-state index contributed by atoms with van der Waals surface area (Å²) < 4.78 is 28.3. The van der Waals surface area contributed by atoms with E-state index in [0.29, 0.717) is 6.54 Å². The molecule has 2 saturated heterocycles. The molecule has 0 radical (unpaired) electrons. The van der Waals surface area contributed by atoms with Crippen molar-refractivity contribution in [2.45, 2.75) is 30.7 Å². The van der Waals surface area contributed by atoms with Crippen molar-refractivity contribution in [1.82, 2.24) is 18.8 Å². The number of carbonyl (C=O) groups excluding carboxylic acids is 1. The van der Waals surface area contributed by atoms with Crippen molar-refractivity contribution in [3.05, 3.63) is 12.5 Å². The van der Waals surface area contributed by atoms with Gasteiger partial charge >= 0.3 is 0 Å². The molecule has 22 heavy (non-hydrogen) atoms. The molecule has 7 nitrogen and oxygen atoms in total. The molecule has 1 amide bonds. The van der Waals surface area contributed by atoms with Crippen molar-refractivity contribution in [3.63, 3.8) is 0 Å². The van der Waals surface area contributed by atoms with Gasteiger partial charge in [0.05, 0.1) is 12.2 Å². The fourth-order valence-corrected chi connectivity index (χ4v) is 4.70. The molecule has 1 unspecified atom stereocenters. The monoisotopic (exact) mass is 326 g/mol. The van der Waals surface area contributed by atoms with Gasteiger partial charge in [-0.25, -0.2) is 13.4 Å². The van der Waals surface area contributed by atoms with Crippen molar-refractivity contribution in [1.29, 1.82) is 0 Å². The number of piperidine rings is 1. The van der Waals surface area contributed by atoms with Gasteiger partial charge in [-0.15, -0.1) is 0 Å². The van der Waals surface area contributed by atoms with E-state index in [2.05, 4.69) is 4.98 Å². The Balaban J connectivity index is 1.73. The molecule has 0 aliphatic carbocycles. The number of hydrogen-bond acceptors (Lipinski definition) is 4. The van der Waals surface area contributed by atoms with Crippen LogP contribution in [0.25, 0.3) is 0 Å². The van der Waals surface area contributed by atoms with Gasteiger partial charge < -0.3 is 9.47 Å². The number of carbonyl (C=O) groups is 1. The highest BCUT2D eigenvalue weighted by Crippen LogP contribution is 2.25. The van der Waals surface area contributed by atoms with E-state index < -0.39 is 10.0 Å². The minimum atomic E-state index is -3.60. The van der Waals surface area contributed by atoms with Crippen LogP contribution in [0.3, 0.4) is 0 Å². The van der Waals surface area contributed by atoms with Crippen molar-refractivity contribution in [2.24, 2.45) is 13.0 Å². The number of nitrogens with zero attached hydrogens (tertiary/aromatic N) is 4. The van der Waals surface area contributed by atoms with Gasteiger partial charge in [-0.1, -0.05) is 0 Å². The van der Waals surface area contributed by atoms with Crippen LogP contribution in [0.2, 0.25) is 0 Å². The summed E-state index contributed by atoms with van der Waals surface area (Å²) in [5.41, 5.74) is 0. The summed E-state index contributed by atoms with van der Waals surface area (Å²) in [6.07, 6.45) is 6.56. The summed E-state index contributed by atoms with van der Waals surface area (Å²) in [5, 5.41) is 0.0595. The van der Waals surface area contributed by atoms with Gasteiger partial charge in [0.25, 0.3) is 10.0 Å². The molecule has 122 valence electrons. The van der Waals surface area contributed by atoms with E-state index in [9.17, 15) is 13.2 Å². The predicted molar refractivity (Wildman–Crippen MR) is 80.5 cm³/mol. The fourth-order valence-electron chi connectivity index (χ4n) is 3.21. The summed E-state index contributed by atoms with van der Waals surface area (Å²) in [5.74, 6) is -0.108. The van der Waals surface area contributed by atoms with E-state index >= 15 is 0 Å². The van der Waals surface area contributed by atoms with Crippen LogP contribution in [-0.2, 0) is 21.9 Å². The van der Waals surface area contributed by atoms with E-state index in [1.165, 1.54) is 16.8 Å². The van der Waals surface area contributed by atoms with Crippen molar-refractivity contribution in [2.75, 3.05) is 26.2 Å². The average molecular weight is 326 g/mol. The lowest BCUT2D eigenvalue weighted by atomic mass is 9.98. The van der Waals surface area contributed by atoms with Crippen molar-refractivity contribution < 1.29 is 13.2 Å². The molecule has 0 spiro atoms. The third-order valence-corrected chi connectivity index (χ3v) is 6.19. The second-order valence-electron chi connectivity index (χ2n) is 6.11.